The zero-order chi connectivity index (χ0) is 15.4. The summed E-state index contributed by atoms with van der Waals surface area (Å²) in [7, 11) is 3.98. The van der Waals surface area contributed by atoms with Crippen molar-refractivity contribution in [3.63, 3.8) is 0 Å². The lowest BCUT2D eigenvalue weighted by molar-refractivity contribution is -0.116. The van der Waals surface area contributed by atoms with E-state index >= 15 is 0 Å². The highest BCUT2D eigenvalue weighted by atomic mass is 16.1. The minimum atomic E-state index is 0.0209. The number of H-pyrrole nitrogens is 1. The molecule has 21 heavy (non-hydrogen) atoms. The Balaban J connectivity index is 1.90. The number of nitrogens with zero attached hydrogens (tertiary/aromatic N) is 2. The standard InChI is InChI=1S/C16H22N4O/c1-11-15(12(2)19-18-11)9-10-16(21)17-13-5-7-14(8-6-13)20(3)4/h5-8H,9-10H2,1-4H3,(H,17,21)(H,18,19). The van der Waals surface area contributed by atoms with Gasteiger partial charge in [-0.25, -0.2) is 0 Å². The van der Waals surface area contributed by atoms with Gasteiger partial charge in [-0.15, -0.1) is 0 Å². The number of aromatic nitrogens is 2. The van der Waals surface area contributed by atoms with Gasteiger partial charge in [-0.2, -0.15) is 5.10 Å². The van der Waals surface area contributed by atoms with E-state index in [0.717, 1.165) is 28.3 Å². The molecule has 0 aliphatic heterocycles. The minimum absolute atomic E-state index is 0.0209. The van der Waals surface area contributed by atoms with Crippen LogP contribution in [0.4, 0.5) is 11.4 Å². The highest BCUT2D eigenvalue weighted by Gasteiger charge is 2.09. The second-order valence-corrected chi connectivity index (χ2v) is 5.40. The van der Waals surface area contributed by atoms with Crippen LogP contribution in [0.3, 0.4) is 0 Å². The van der Waals surface area contributed by atoms with Gasteiger partial charge >= 0.3 is 0 Å². The van der Waals surface area contributed by atoms with Crippen LogP contribution in [-0.4, -0.2) is 30.2 Å². The highest BCUT2D eigenvalue weighted by molar-refractivity contribution is 5.91. The van der Waals surface area contributed by atoms with Crippen LogP contribution in [0.5, 0.6) is 0 Å². The van der Waals surface area contributed by atoms with Crippen molar-refractivity contribution in [2.24, 2.45) is 0 Å². The second kappa shape index (κ2) is 6.43. The number of amides is 1. The summed E-state index contributed by atoms with van der Waals surface area (Å²) < 4.78 is 0. The van der Waals surface area contributed by atoms with E-state index < -0.39 is 0 Å². The summed E-state index contributed by atoms with van der Waals surface area (Å²) in [5.41, 5.74) is 5.07. The summed E-state index contributed by atoms with van der Waals surface area (Å²) in [6.07, 6.45) is 1.16. The van der Waals surface area contributed by atoms with E-state index in [0.29, 0.717) is 12.8 Å². The van der Waals surface area contributed by atoms with Gasteiger partial charge in [0.25, 0.3) is 0 Å². The molecule has 1 heterocycles. The van der Waals surface area contributed by atoms with Gasteiger partial charge in [-0.05, 0) is 50.1 Å². The fraction of sp³-hybridized carbons (Fsp3) is 0.375. The van der Waals surface area contributed by atoms with Gasteiger partial charge in [0, 0.05) is 37.6 Å². The van der Waals surface area contributed by atoms with E-state index in [1.54, 1.807) is 0 Å². The number of aryl methyl sites for hydroxylation is 2. The lowest BCUT2D eigenvalue weighted by atomic mass is 10.1. The van der Waals surface area contributed by atoms with Crippen LogP contribution in [0.2, 0.25) is 0 Å². The fourth-order valence-electron chi connectivity index (χ4n) is 2.25. The van der Waals surface area contributed by atoms with Crippen LogP contribution < -0.4 is 10.2 Å². The molecule has 2 rings (SSSR count). The molecule has 112 valence electrons. The van der Waals surface area contributed by atoms with Crippen molar-refractivity contribution in [3.05, 3.63) is 41.2 Å². The molecule has 0 unspecified atom stereocenters. The van der Waals surface area contributed by atoms with Crippen molar-refractivity contribution in [2.45, 2.75) is 26.7 Å². The van der Waals surface area contributed by atoms with E-state index in [2.05, 4.69) is 15.5 Å². The number of nitrogens with one attached hydrogen (secondary N) is 2. The van der Waals surface area contributed by atoms with Crippen LogP contribution >= 0.6 is 0 Å². The molecule has 5 heteroatoms. The van der Waals surface area contributed by atoms with Crippen molar-refractivity contribution in [2.75, 3.05) is 24.3 Å². The van der Waals surface area contributed by atoms with E-state index in [1.807, 2.05) is 57.1 Å². The molecule has 1 aromatic carbocycles. The molecule has 2 N–H and O–H groups in total. The van der Waals surface area contributed by atoms with Crippen LogP contribution in [0.15, 0.2) is 24.3 Å². The van der Waals surface area contributed by atoms with E-state index in [1.165, 1.54) is 0 Å². The number of rotatable bonds is 5. The van der Waals surface area contributed by atoms with Crippen molar-refractivity contribution in [1.82, 2.24) is 10.2 Å². The van der Waals surface area contributed by atoms with Crippen LogP contribution in [-0.2, 0) is 11.2 Å². The zero-order valence-electron chi connectivity index (χ0n) is 13.0. The van der Waals surface area contributed by atoms with Gasteiger partial charge in [0.05, 0.1) is 5.69 Å². The predicted molar refractivity (Wildman–Crippen MR) is 85.8 cm³/mol. The predicted octanol–water partition coefficient (Wildman–Crippen LogP) is 2.66. The molecule has 0 aliphatic carbocycles. The maximum Gasteiger partial charge on any atom is 0.224 e. The Kier molecular flexibility index (Phi) is 4.62. The Labute approximate surface area is 125 Å². The average molecular weight is 286 g/mol. The molecule has 0 aliphatic rings. The largest absolute Gasteiger partial charge is 0.378 e. The molecule has 5 nitrogen and oxygen atoms in total. The SMILES string of the molecule is Cc1n[nH]c(C)c1CCC(=O)Nc1ccc(N(C)C)cc1. The third-order valence-electron chi connectivity index (χ3n) is 3.55. The molecule has 0 radical (unpaired) electrons. The maximum absolute atomic E-state index is 12.0. The maximum atomic E-state index is 12.0. The van der Waals surface area contributed by atoms with Gasteiger partial charge in [0.2, 0.25) is 5.91 Å². The Morgan fingerprint density at radius 3 is 2.43 bits per heavy atom. The summed E-state index contributed by atoms with van der Waals surface area (Å²) >= 11 is 0. The molecule has 1 amide bonds. The average Bonchev–Trinajstić information content (AvgIpc) is 2.76. The smallest absolute Gasteiger partial charge is 0.224 e. The summed E-state index contributed by atoms with van der Waals surface area (Å²) in [5, 5.41) is 10.0. The molecule has 1 aromatic heterocycles. The molecule has 2 aromatic rings. The summed E-state index contributed by atoms with van der Waals surface area (Å²) in [5.74, 6) is 0.0209. The zero-order valence-corrected chi connectivity index (χ0v) is 13.0. The molecule has 0 bridgehead atoms. The van der Waals surface area contributed by atoms with Gasteiger partial charge in [0.15, 0.2) is 0 Å². The van der Waals surface area contributed by atoms with Gasteiger partial charge in [0.1, 0.15) is 0 Å². The van der Waals surface area contributed by atoms with E-state index in [9.17, 15) is 4.79 Å². The highest BCUT2D eigenvalue weighted by Crippen LogP contribution is 2.16. The molecular formula is C16H22N4O. The number of aromatic amines is 1. The van der Waals surface area contributed by atoms with Crippen molar-refractivity contribution in [3.8, 4) is 0 Å². The number of anilines is 2. The first-order valence-corrected chi connectivity index (χ1v) is 7.05. The minimum Gasteiger partial charge on any atom is -0.378 e. The Hall–Kier alpha value is -2.30. The topological polar surface area (TPSA) is 61.0 Å². The second-order valence-electron chi connectivity index (χ2n) is 5.40. The number of carbonyl (C=O) groups excluding carboxylic acids is 1. The number of hydrogen-bond acceptors (Lipinski definition) is 3. The molecule has 0 atom stereocenters. The number of carbonyl (C=O) groups is 1. The summed E-state index contributed by atoms with van der Waals surface area (Å²) in [6, 6.07) is 7.81. The Bertz CT molecular complexity index is 594. The van der Waals surface area contributed by atoms with Gasteiger partial charge < -0.3 is 10.2 Å². The van der Waals surface area contributed by atoms with Gasteiger partial charge in [-0.1, -0.05) is 0 Å². The number of hydrogen-bond donors (Lipinski definition) is 2. The van der Waals surface area contributed by atoms with Crippen LogP contribution in [0.1, 0.15) is 23.4 Å². The molecule has 0 fully saturated rings. The fourth-order valence-corrected chi connectivity index (χ4v) is 2.25. The summed E-state index contributed by atoms with van der Waals surface area (Å²) in [4.78, 5) is 14.0. The first-order chi connectivity index (χ1) is 9.97. The molecule has 0 saturated carbocycles. The van der Waals surface area contributed by atoms with Crippen LogP contribution in [0, 0.1) is 13.8 Å². The quantitative estimate of drug-likeness (QED) is 0.888. The van der Waals surface area contributed by atoms with E-state index in [-0.39, 0.29) is 5.91 Å². The first kappa shape index (κ1) is 15.1. The lowest BCUT2D eigenvalue weighted by Gasteiger charge is -2.13. The third-order valence-corrected chi connectivity index (χ3v) is 3.55. The Morgan fingerprint density at radius 1 is 1.24 bits per heavy atom. The lowest BCUT2D eigenvalue weighted by Crippen LogP contribution is -2.13. The monoisotopic (exact) mass is 286 g/mol. The van der Waals surface area contributed by atoms with Crippen LogP contribution in [0.25, 0.3) is 0 Å². The molecule has 0 spiro atoms. The van der Waals surface area contributed by atoms with Gasteiger partial charge in [-0.3, -0.25) is 9.89 Å². The Morgan fingerprint density at radius 2 is 1.90 bits per heavy atom. The molecular weight excluding hydrogens is 264 g/mol. The molecule has 0 saturated heterocycles. The normalized spacial score (nSPS) is 10.5. The first-order valence-electron chi connectivity index (χ1n) is 7.05. The number of benzene rings is 1. The third kappa shape index (κ3) is 3.84. The van der Waals surface area contributed by atoms with Crippen molar-refractivity contribution in [1.29, 1.82) is 0 Å². The van der Waals surface area contributed by atoms with Crippen molar-refractivity contribution < 1.29 is 4.79 Å². The summed E-state index contributed by atoms with van der Waals surface area (Å²) in [6.45, 7) is 3.93. The van der Waals surface area contributed by atoms with Crippen molar-refractivity contribution >= 4 is 17.3 Å². The van der Waals surface area contributed by atoms with E-state index in [4.69, 9.17) is 0 Å².